The number of nitrogens with one attached hydrogen (secondary N) is 2. The van der Waals surface area contributed by atoms with Crippen molar-refractivity contribution >= 4 is 11.3 Å². The second-order valence-corrected chi connectivity index (χ2v) is 4.14. The number of ether oxygens (including phenoxy) is 1. The lowest BCUT2D eigenvalue weighted by molar-refractivity contribution is 0.199. The van der Waals surface area contributed by atoms with Crippen LogP contribution in [-0.2, 0) is 11.3 Å². The molecule has 2 heterocycles. The molecule has 0 saturated carbocycles. The zero-order chi connectivity index (χ0) is 11.2. The number of aromatic amines is 1. The van der Waals surface area contributed by atoms with E-state index in [4.69, 9.17) is 4.74 Å². The van der Waals surface area contributed by atoms with Crippen molar-refractivity contribution in [3.05, 3.63) is 23.6 Å². The number of H-pyrrole nitrogens is 1. The van der Waals surface area contributed by atoms with Crippen molar-refractivity contribution in [3.8, 4) is 10.7 Å². The summed E-state index contributed by atoms with van der Waals surface area (Å²) in [6, 6.07) is 0. The topological polar surface area (TPSA) is 62.8 Å². The number of aromatic nitrogens is 3. The fraction of sp³-hybridized carbons (Fsp3) is 0.400. The Kier molecular flexibility index (Phi) is 4.03. The van der Waals surface area contributed by atoms with E-state index >= 15 is 0 Å². The molecule has 0 amide bonds. The minimum absolute atomic E-state index is 0.708. The van der Waals surface area contributed by atoms with Crippen LogP contribution in [0, 0.1) is 0 Å². The average molecular weight is 238 g/mol. The van der Waals surface area contributed by atoms with Gasteiger partial charge < -0.3 is 15.0 Å². The van der Waals surface area contributed by atoms with E-state index in [1.54, 1.807) is 24.6 Å². The normalized spacial score (nSPS) is 10.8. The van der Waals surface area contributed by atoms with Crippen LogP contribution < -0.4 is 5.32 Å². The third-order valence-corrected chi connectivity index (χ3v) is 2.87. The molecule has 2 aromatic rings. The first-order valence-electron chi connectivity index (χ1n) is 5.03. The third kappa shape index (κ3) is 2.88. The molecule has 0 fully saturated rings. The van der Waals surface area contributed by atoms with E-state index in [9.17, 15) is 0 Å². The number of rotatable bonds is 6. The summed E-state index contributed by atoms with van der Waals surface area (Å²) in [6.45, 7) is 2.25. The Hall–Kier alpha value is -1.24. The standard InChI is InChI=1S/C10H14N4OS/c1-15-4-2-11-7-9-13-6-8(14-9)10-12-3-5-16-10/h3,5-6,11H,2,4,7H2,1H3,(H,13,14). The summed E-state index contributed by atoms with van der Waals surface area (Å²) in [5, 5.41) is 6.14. The summed E-state index contributed by atoms with van der Waals surface area (Å²) >= 11 is 1.60. The van der Waals surface area contributed by atoms with Crippen LogP contribution in [0.3, 0.4) is 0 Å². The van der Waals surface area contributed by atoms with Gasteiger partial charge in [-0.3, -0.25) is 0 Å². The minimum atomic E-state index is 0.708. The molecular weight excluding hydrogens is 224 g/mol. The van der Waals surface area contributed by atoms with E-state index in [-0.39, 0.29) is 0 Å². The Labute approximate surface area is 97.9 Å². The molecule has 0 spiro atoms. The Morgan fingerprint density at radius 1 is 1.50 bits per heavy atom. The lowest BCUT2D eigenvalue weighted by Crippen LogP contribution is -2.19. The Balaban J connectivity index is 1.88. The van der Waals surface area contributed by atoms with Crippen LogP contribution in [0.25, 0.3) is 10.7 Å². The van der Waals surface area contributed by atoms with Crippen molar-refractivity contribution in [2.75, 3.05) is 20.3 Å². The van der Waals surface area contributed by atoms with Crippen LogP contribution in [0.15, 0.2) is 17.8 Å². The molecule has 0 aliphatic rings. The first-order valence-corrected chi connectivity index (χ1v) is 5.91. The molecule has 6 heteroatoms. The second-order valence-electron chi connectivity index (χ2n) is 3.25. The third-order valence-electron chi connectivity index (χ3n) is 2.07. The van der Waals surface area contributed by atoms with Gasteiger partial charge in [-0.15, -0.1) is 11.3 Å². The van der Waals surface area contributed by atoms with E-state index in [0.29, 0.717) is 13.2 Å². The molecule has 0 bridgehead atoms. The molecule has 0 aliphatic heterocycles. The van der Waals surface area contributed by atoms with Crippen LogP contribution >= 0.6 is 11.3 Å². The van der Waals surface area contributed by atoms with Gasteiger partial charge in [0.2, 0.25) is 0 Å². The number of hydrogen-bond acceptors (Lipinski definition) is 5. The fourth-order valence-electron chi connectivity index (χ4n) is 1.30. The molecule has 0 saturated heterocycles. The summed E-state index contributed by atoms with van der Waals surface area (Å²) in [6.07, 6.45) is 3.60. The lowest BCUT2D eigenvalue weighted by Gasteiger charge is -2.00. The average Bonchev–Trinajstić information content (AvgIpc) is 2.94. The zero-order valence-corrected chi connectivity index (χ0v) is 9.88. The first-order chi connectivity index (χ1) is 7.90. The summed E-state index contributed by atoms with van der Waals surface area (Å²) < 4.78 is 4.94. The number of methoxy groups -OCH3 is 1. The summed E-state index contributed by atoms with van der Waals surface area (Å²) in [7, 11) is 1.69. The van der Waals surface area contributed by atoms with Crippen LogP contribution in [-0.4, -0.2) is 35.2 Å². The van der Waals surface area contributed by atoms with Crippen LogP contribution in [0.4, 0.5) is 0 Å². The molecule has 0 radical (unpaired) electrons. The smallest absolute Gasteiger partial charge is 0.141 e. The molecule has 0 aromatic carbocycles. The van der Waals surface area contributed by atoms with Crippen LogP contribution in [0.2, 0.25) is 0 Å². The highest BCUT2D eigenvalue weighted by atomic mass is 32.1. The van der Waals surface area contributed by atoms with E-state index < -0.39 is 0 Å². The maximum atomic E-state index is 4.94. The fourth-order valence-corrected chi connectivity index (χ4v) is 1.90. The Morgan fingerprint density at radius 3 is 3.19 bits per heavy atom. The van der Waals surface area contributed by atoms with Gasteiger partial charge in [-0.05, 0) is 0 Å². The van der Waals surface area contributed by atoms with E-state index in [1.807, 2.05) is 11.6 Å². The molecule has 86 valence electrons. The molecule has 2 rings (SSSR count). The molecule has 16 heavy (non-hydrogen) atoms. The highest BCUT2D eigenvalue weighted by Gasteiger charge is 2.04. The summed E-state index contributed by atoms with van der Waals surface area (Å²) in [5.74, 6) is 0.918. The van der Waals surface area contributed by atoms with Crippen molar-refractivity contribution < 1.29 is 4.74 Å². The van der Waals surface area contributed by atoms with Gasteiger partial charge in [-0.2, -0.15) is 0 Å². The predicted molar refractivity (Wildman–Crippen MR) is 63.3 cm³/mol. The second kappa shape index (κ2) is 5.74. The lowest BCUT2D eigenvalue weighted by atomic mass is 10.5. The van der Waals surface area contributed by atoms with Gasteiger partial charge in [0.1, 0.15) is 10.8 Å². The quantitative estimate of drug-likeness (QED) is 0.744. The molecule has 0 unspecified atom stereocenters. The Bertz CT molecular complexity index is 412. The van der Waals surface area contributed by atoms with Gasteiger partial charge in [-0.1, -0.05) is 0 Å². The maximum Gasteiger partial charge on any atom is 0.141 e. The highest BCUT2D eigenvalue weighted by molar-refractivity contribution is 7.13. The molecule has 5 nitrogen and oxygen atoms in total. The van der Waals surface area contributed by atoms with Gasteiger partial charge in [0.25, 0.3) is 0 Å². The van der Waals surface area contributed by atoms with Crippen molar-refractivity contribution in [2.45, 2.75) is 6.54 Å². The minimum Gasteiger partial charge on any atom is -0.383 e. The molecule has 0 aliphatic carbocycles. The number of hydrogen-bond donors (Lipinski definition) is 2. The van der Waals surface area contributed by atoms with E-state index in [0.717, 1.165) is 23.1 Å². The Morgan fingerprint density at radius 2 is 2.44 bits per heavy atom. The summed E-state index contributed by atoms with van der Waals surface area (Å²) in [4.78, 5) is 11.7. The van der Waals surface area contributed by atoms with Crippen molar-refractivity contribution in [1.29, 1.82) is 0 Å². The van der Waals surface area contributed by atoms with Gasteiger partial charge in [0.05, 0.1) is 25.0 Å². The van der Waals surface area contributed by atoms with Gasteiger partial charge in [-0.25, -0.2) is 9.97 Å². The van der Waals surface area contributed by atoms with Crippen LogP contribution in [0.5, 0.6) is 0 Å². The van der Waals surface area contributed by atoms with E-state index in [1.165, 1.54) is 0 Å². The van der Waals surface area contributed by atoms with Gasteiger partial charge in [0, 0.05) is 25.2 Å². The monoisotopic (exact) mass is 238 g/mol. The van der Waals surface area contributed by atoms with Crippen molar-refractivity contribution in [1.82, 2.24) is 20.3 Å². The van der Waals surface area contributed by atoms with E-state index in [2.05, 4.69) is 20.3 Å². The predicted octanol–water partition coefficient (Wildman–Crippen LogP) is 1.27. The summed E-state index contributed by atoms with van der Waals surface area (Å²) in [5.41, 5.74) is 0.971. The number of nitrogens with zero attached hydrogens (tertiary/aromatic N) is 2. The first kappa shape index (κ1) is 11.3. The SMILES string of the molecule is COCCNCc1ncc(-c2nccs2)[nH]1. The van der Waals surface area contributed by atoms with Crippen LogP contribution in [0.1, 0.15) is 5.82 Å². The van der Waals surface area contributed by atoms with Gasteiger partial charge >= 0.3 is 0 Å². The molecular formula is C10H14N4OS. The maximum absolute atomic E-state index is 4.94. The van der Waals surface area contributed by atoms with Crippen molar-refractivity contribution in [3.63, 3.8) is 0 Å². The molecule has 0 atom stereocenters. The zero-order valence-electron chi connectivity index (χ0n) is 9.06. The largest absolute Gasteiger partial charge is 0.383 e. The molecule has 2 aromatic heterocycles. The highest BCUT2D eigenvalue weighted by Crippen LogP contribution is 2.18. The van der Waals surface area contributed by atoms with Crippen molar-refractivity contribution in [2.24, 2.45) is 0 Å². The van der Waals surface area contributed by atoms with Gasteiger partial charge in [0.15, 0.2) is 0 Å². The molecule has 2 N–H and O–H groups in total. The number of imidazole rings is 1. The number of thiazole rings is 1.